The molecule has 0 spiro atoms. The lowest BCUT2D eigenvalue weighted by Gasteiger charge is -2.34. The van der Waals surface area contributed by atoms with Crippen molar-refractivity contribution in [1.82, 2.24) is 15.5 Å². The van der Waals surface area contributed by atoms with Gasteiger partial charge in [-0.3, -0.25) is 4.79 Å². The quantitative estimate of drug-likeness (QED) is 0.872. The third kappa shape index (κ3) is 3.33. The highest BCUT2D eigenvalue weighted by molar-refractivity contribution is 5.88. The lowest BCUT2D eigenvalue weighted by molar-refractivity contribution is -0.126. The first kappa shape index (κ1) is 15.8. The van der Waals surface area contributed by atoms with Gasteiger partial charge in [0.1, 0.15) is 6.04 Å². The average Bonchev–Trinajstić information content (AvgIpc) is 3.17. The Labute approximate surface area is 137 Å². The van der Waals surface area contributed by atoms with E-state index in [1.165, 1.54) is 5.56 Å². The van der Waals surface area contributed by atoms with Gasteiger partial charge in [0.15, 0.2) is 0 Å². The molecule has 5 heteroatoms. The number of rotatable bonds is 5. The lowest BCUT2D eigenvalue weighted by atomic mass is 9.98. The van der Waals surface area contributed by atoms with Crippen LogP contribution in [0.2, 0.25) is 0 Å². The Bertz CT molecular complexity index is 561. The molecule has 5 nitrogen and oxygen atoms in total. The Balaban J connectivity index is 1.58. The van der Waals surface area contributed by atoms with Gasteiger partial charge in [0.05, 0.1) is 0 Å². The fraction of sp³-hybridized carbons (Fsp3) is 0.556. The fourth-order valence-corrected chi connectivity index (χ4v) is 3.94. The molecule has 3 atom stereocenters. The standard InChI is InChI=1S/C18H25N3O2/c1-2-19-18(23)21-15-9-8-14(12-15)16(21)17(22)20-11-10-13-6-4-3-5-7-13/h3-7,14-16H,2,8-12H2,1H3,(H,19,23)(H,20,22)/t14-,15-,16-/m0/s1. The first-order valence-electron chi connectivity index (χ1n) is 8.58. The van der Waals surface area contributed by atoms with Crippen LogP contribution in [0, 0.1) is 5.92 Å². The summed E-state index contributed by atoms with van der Waals surface area (Å²) in [6, 6.07) is 9.96. The molecule has 3 amide bonds. The van der Waals surface area contributed by atoms with Crippen molar-refractivity contribution in [2.45, 2.75) is 44.7 Å². The number of piperidine rings is 1. The summed E-state index contributed by atoms with van der Waals surface area (Å²) in [7, 11) is 0. The Hall–Kier alpha value is -2.04. The highest BCUT2D eigenvalue weighted by Gasteiger charge is 2.51. The fourth-order valence-electron chi connectivity index (χ4n) is 3.94. The number of likely N-dealkylation sites (tertiary alicyclic amines) is 1. The third-order valence-electron chi connectivity index (χ3n) is 4.97. The van der Waals surface area contributed by atoms with Crippen LogP contribution < -0.4 is 10.6 Å². The molecule has 1 aliphatic carbocycles. The molecule has 0 aromatic heterocycles. The molecule has 1 aromatic rings. The van der Waals surface area contributed by atoms with Gasteiger partial charge in [-0.15, -0.1) is 0 Å². The highest BCUT2D eigenvalue weighted by Crippen LogP contribution is 2.42. The van der Waals surface area contributed by atoms with E-state index < -0.39 is 0 Å². The lowest BCUT2D eigenvalue weighted by Crippen LogP contribution is -2.55. The van der Waals surface area contributed by atoms with E-state index in [0.717, 1.165) is 25.7 Å². The normalized spacial score (nSPS) is 25.4. The van der Waals surface area contributed by atoms with Gasteiger partial charge in [-0.1, -0.05) is 30.3 Å². The van der Waals surface area contributed by atoms with Crippen LogP contribution in [0.25, 0.3) is 0 Å². The third-order valence-corrected chi connectivity index (χ3v) is 4.97. The molecule has 1 aromatic carbocycles. The number of amides is 3. The van der Waals surface area contributed by atoms with Gasteiger partial charge >= 0.3 is 6.03 Å². The summed E-state index contributed by atoms with van der Waals surface area (Å²) in [5.41, 5.74) is 1.21. The maximum Gasteiger partial charge on any atom is 0.318 e. The van der Waals surface area contributed by atoms with Crippen molar-refractivity contribution in [2.75, 3.05) is 13.1 Å². The molecule has 0 radical (unpaired) electrons. The van der Waals surface area contributed by atoms with Crippen molar-refractivity contribution in [3.63, 3.8) is 0 Å². The topological polar surface area (TPSA) is 61.4 Å². The van der Waals surface area contributed by atoms with Gasteiger partial charge in [0.2, 0.25) is 5.91 Å². The summed E-state index contributed by atoms with van der Waals surface area (Å²) in [4.78, 5) is 26.7. The van der Waals surface area contributed by atoms with Gasteiger partial charge in [0, 0.05) is 19.1 Å². The molecule has 124 valence electrons. The van der Waals surface area contributed by atoms with Crippen LogP contribution in [0.1, 0.15) is 31.7 Å². The maximum atomic E-state index is 12.6. The molecule has 1 aliphatic heterocycles. The van der Waals surface area contributed by atoms with Crippen LogP contribution in [0.5, 0.6) is 0 Å². The first-order chi connectivity index (χ1) is 11.2. The summed E-state index contributed by atoms with van der Waals surface area (Å²) in [6.45, 7) is 3.11. The van der Waals surface area contributed by atoms with E-state index in [2.05, 4.69) is 22.8 Å². The largest absolute Gasteiger partial charge is 0.354 e. The minimum Gasteiger partial charge on any atom is -0.354 e. The maximum absolute atomic E-state index is 12.6. The summed E-state index contributed by atoms with van der Waals surface area (Å²) in [5, 5.41) is 5.87. The molecular formula is C18H25N3O2. The average molecular weight is 315 g/mol. The number of fused-ring (bicyclic) bond motifs is 2. The van der Waals surface area contributed by atoms with Gasteiger partial charge in [-0.25, -0.2) is 4.79 Å². The minimum absolute atomic E-state index is 0.000570. The van der Waals surface area contributed by atoms with Crippen LogP contribution in [0.3, 0.4) is 0 Å². The van der Waals surface area contributed by atoms with Crippen LogP contribution >= 0.6 is 0 Å². The number of nitrogens with zero attached hydrogens (tertiary/aromatic N) is 1. The Morgan fingerprint density at radius 3 is 2.70 bits per heavy atom. The zero-order chi connectivity index (χ0) is 16.2. The van der Waals surface area contributed by atoms with Crippen LogP contribution in [-0.4, -0.2) is 42.0 Å². The van der Waals surface area contributed by atoms with E-state index in [1.807, 2.05) is 25.1 Å². The molecule has 2 bridgehead atoms. The van der Waals surface area contributed by atoms with Crippen molar-refractivity contribution >= 4 is 11.9 Å². The number of carbonyl (C=O) groups is 2. The van der Waals surface area contributed by atoms with Gasteiger partial charge in [-0.2, -0.15) is 0 Å². The van der Waals surface area contributed by atoms with E-state index in [9.17, 15) is 9.59 Å². The second-order valence-electron chi connectivity index (χ2n) is 6.44. The monoisotopic (exact) mass is 315 g/mol. The highest BCUT2D eigenvalue weighted by atomic mass is 16.2. The molecule has 2 aliphatic rings. The molecular weight excluding hydrogens is 290 g/mol. The summed E-state index contributed by atoms with van der Waals surface area (Å²) in [5.74, 6) is 0.318. The Morgan fingerprint density at radius 2 is 1.96 bits per heavy atom. The van der Waals surface area contributed by atoms with Gasteiger partial charge in [0.25, 0.3) is 0 Å². The molecule has 3 rings (SSSR count). The molecule has 1 heterocycles. The van der Waals surface area contributed by atoms with Crippen molar-refractivity contribution in [1.29, 1.82) is 0 Å². The summed E-state index contributed by atoms with van der Waals surface area (Å²) >= 11 is 0. The molecule has 2 fully saturated rings. The zero-order valence-corrected chi connectivity index (χ0v) is 13.6. The number of nitrogens with one attached hydrogen (secondary N) is 2. The van der Waals surface area contributed by atoms with Crippen molar-refractivity contribution in [2.24, 2.45) is 5.92 Å². The summed E-state index contributed by atoms with van der Waals surface area (Å²) in [6.07, 6.45) is 3.86. The van der Waals surface area contributed by atoms with Crippen molar-refractivity contribution in [3.05, 3.63) is 35.9 Å². The van der Waals surface area contributed by atoms with E-state index in [0.29, 0.717) is 19.0 Å². The molecule has 23 heavy (non-hydrogen) atoms. The number of carbonyl (C=O) groups excluding carboxylic acids is 2. The summed E-state index contributed by atoms with van der Waals surface area (Å²) < 4.78 is 0. The van der Waals surface area contributed by atoms with Gasteiger partial charge in [-0.05, 0) is 44.1 Å². The van der Waals surface area contributed by atoms with Crippen LogP contribution in [0.15, 0.2) is 30.3 Å². The SMILES string of the molecule is CCNC(=O)N1[C@H]2CC[C@@H](C2)[C@H]1C(=O)NCCc1ccccc1. The number of hydrogen-bond donors (Lipinski definition) is 2. The smallest absolute Gasteiger partial charge is 0.318 e. The molecule has 2 N–H and O–H groups in total. The minimum atomic E-state index is -0.295. The zero-order valence-electron chi connectivity index (χ0n) is 13.6. The molecule has 0 unspecified atom stereocenters. The van der Waals surface area contributed by atoms with E-state index in [1.54, 1.807) is 4.90 Å². The number of benzene rings is 1. The molecule has 1 saturated carbocycles. The van der Waals surface area contributed by atoms with E-state index >= 15 is 0 Å². The number of urea groups is 1. The van der Waals surface area contributed by atoms with E-state index in [4.69, 9.17) is 0 Å². The Morgan fingerprint density at radius 1 is 1.17 bits per heavy atom. The van der Waals surface area contributed by atoms with Crippen LogP contribution in [-0.2, 0) is 11.2 Å². The van der Waals surface area contributed by atoms with Crippen molar-refractivity contribution < 1.29 is 9.59 Å². The van der Waals surface area contributed by atoms with Crippen molar-refractivity contribution in [3.8, 4) is 0 Å². The Kier molecular flexibility index (Phi) is 4.84. The predicted octanol–water partition coefficient (Wildman–Crippen LogP) is 1.93. The van der Waals surface area contributed by atoms with Crippen LogP contribution in [0.4, 0.5) is 4.79 Å². The first-order valence-corrected chi connectivity index (χ1v) is 8.58. The van der Waals surface area contributed by atoms with E-state index in [-0.39, 0.29) is 24.0 Å². The second-order valence-corrected chi connectivity index (χ2v) is 6.44. The second kappa shape index (κ2) is 7.02. The van der Waals surface area contributed by atoms with Gasteiger partial charge < -0.3 is 15.5 Å². The molecule has 1 saturated heterocycles. The number of hydrogen-bond acceptors (Lipinski definition) is 2. The predicted molar refractivity (Wildman–Crippen MR) is 89.0 cm³/mol.